The second-order valence-electron chi connectivity index (χ2n) is 4.08. The van der Waals surface area contributed by atoms with E-state index in [4.69, 9.17) is 0 Å². The van der Waals surface area contributed by atoms with E-state index < -0.39 is 0 Å². The molecule has 1 rings (SSSR count). The predicted octanol–water partition coefficient (Wildman–Crippen LogP) is 1.90. The first kappa shape index (κ1) is 13.1. The van der Waals surface area contributed by atoms with Crippen molar-refractivity contribution in [1.29, 1.82) is 0 Å². The van der Waals surface area contributed by atoms with Gasteiger partial charge in [-0.05, 0) is 37.7 Å². The molecule has 90 valence electrons. The van der Waals surface area contributed by atoms with Gasteiger partial charge in [-0.3, -0.25) is 9.88 Å². The molecule has 0 saturated carbocycles. The number of rotatable bonds is 7. The van der Waals surface area contributed by atoms with Gasteiger partial charge in [0.05, 0.1) is 0 Å². The standard InChI is InChI=1S/C13H23N3/c1-4-14-10-12(3)16(5-2)11-13-6-8-15-9-7-13/h6-9,12,14H,4-5,10-11H2,1-3H3. The molecule has 3 heteroatoms. The zero-order valence-corrected chi connectivity index (χ0v) is 10.6. The Morgan fingerprint density at radius 2 is 2.00 bits per heavy atom. The lowest BCUT2D eigenvalue weighted by Gasteiger charge is -2.28. The van der Waals surface area contributed by atoms with Crippen LogP contribution in [0, 0.1) is 0 Å². The third-order valence-corrected chi connectivity index (χ3v) is 2.85. The summed E-state index contributed by atoms with van der Waals surface area (Å²) in [6.07, 6.45) is 3.72. The highest BCUT2D eigenvalue weighted by Gasteiger charge is 2.11. The quantitative estimate of drug-likeness (QED) is 0.762. The number of pyridine rings is 1. The van der Waals surface area contributed by atoms with E-state index in [0.717, 1.165) is 26.2 Å². The first-order valence-corrected chi connectivity index (χ1v) is 6.11. The fraction of sp³-hybridized carbons (Fsp3) is 0.615. The van der Waals surface area contributed by atoms with Gasteiger partial charge in [0.25, 0.3) is 0 Å². The van der Waals surface area contributed by atoms with Crippen molar-refractivity contribution < 1.29 is 0 Å². The highest BCUT2D eigenvalue weighted by Crippen LogP contribution is 2.06. The van der Waals surface area contributed by atoms with E-state index in [-0.39, 0.29) is 0 Å². The summed E-state index contributed by atoms with van der Waals surface area (Å²) in [6, 6.07) is 4.74. The Hall–Kier alpha value is -0.930. The van der Waals surface area contributed by atoms with Crippen LogP contribution in [0.25, 0.3) is 0 Å². The second kappa shape index (κ2) is 7.36. The minimum absolute atomic E-state index is 0.568. The van der Waals surface area contributed by atoms with Crippen LogP contribution in [0.1, 0.15) is 26.3 Å². The fourth-order valence-electron chi connectivity index (χ4n) is 1.78. The molecule has 0 amide bonds. The van der Waals surface area contributed by atoms with E-state index in [1.54, 1.807) is 0 Å². The summed E-state index contributed by atoms with van der Waals surface area (Å²) in [6.45, 7) is 10.8. The molecule has 1 aromatic rings. The molecule has 0 aromatic carbocycles. The summed E-state index contributed by atoms with van der Waals surface area (Å²) in [7, 11) is 0. The number of nitrogens with zero attached hydrogens (tertiary/aromatic N) is 2. The smallest absolute Gasteiger partial charge is 0.0271 e. The van der Waals surface area contributed by atoms with Gasteiger partial charge in [0.15, 0.2) is 0 Å². The van der Waals surface area contributed by atoms with Crippen LogP contribution in [-0.2, 0) is 6.54 Å². The van der Waals surface area contributed by atoms with Crippen LogP contribution < -0.4 is 5.32 Å². The summed E-state index contributed by atoms with van der Waals surface area (Å²) >= 11 is 0. The summed E-state index contributed by atoms with van der Waals surface area (Å²) < 4.78 is 0. The van der Waals surface area contributed by atoms with Gasteiger partial charge < -0.3 is 5.32 Å². The van der Waals surface area contributed by atoms with E-state index in [2.05, 4.69) is 48.1 Å². The zero-order valence-electron chi connectivity index (χ0n) is 10.6. The van der Waals surface area contributed by atoms with Crippen molar-refractivity contribution in [3.05, 3.63) is 30.1 Å². The molecule has 1 aromatic heterocycles. The van der Waals surface area contributed by atoms with Gasteiger partial charge in [-0.15, -0.1) is 0 Å². The van der Waals surface area contributed by atoms with Crippen LogP contribution in [0.15, 0.2) is 24.5 Å². The Bertz CT molecular complexity index is 274. The van der Waals surface area contributed by atoms with Gasteiger partial charge >= 0.3 is 0 Å². The molecule has 1 heterocycles. The highest BCUT2D eigenvalue weighted by atomic mass is 15.2. The van der Waals surface area contributed by atoms with Crippen molar-refractivity contribution in [2.45, 2.75) is 33.4 Å². The number of hydrogen-bond acceptors (Lipinski definition) is 3. The molecule has 0 spiro atoms. The van der Waals surface area contributed by atoms with Crippen LogP contribution >= 0.6 is 0 Å². The van der Waals surface area contributed by atoms with Gasteiger partial charge in [-0.25, -0.2) is 0 Å². The van der Waals surface area contributed by atoms with Crippen molar-refractivity contribution >= 4 is 0 Å². The summed E-state index contributed by atoms with van der Waals surface area (Å²) in [5.74, 6) is 0. The lowest BCUT2D eigenvalue weighted by molar-refractivity contribution is 0.207. The van der Waals surface area contributed by atoms with E-state index in [0.29, 0.717) is 6.04 Å². The average molecular weight is 221 g/mol. The lowest BCUT2D eigenvalue weighted by atomic mass is 10.2. The number of nitrogens with one attached hydrogen (secondary N) is 1. The lowest BCUT2D eigenvalue weighted by Crippen LogP contribution is -2.39. The van der Waals surface area contributed by atoms with Gasteiger partial charge in [0, 0.05) is 31.5 Å². The van der Waals surface area contributed by atoms with Crippen LogP contribution in [-0.4, -0.2) is 35.6 Å². The first-order valence-electron chi connectivity index (χ1n) is 6.11. The SMILES string of the molecule is CCNCC(C)N(CC)Cc1ccncc1. The fourth-order valence-corrected chi connectivity index (χ4v) is 1.78. The zero-order chi connectivity index (χ0) is 11.8. The van der Waals surface area contributed by atoms with Gasteiger partial charge in [0.2, 0.25) is 0 Å². The van der Waals surface area contributed by atoms with E-state index in [1.165, 1.54) is 5.56 Å². The van der Waals surface area contributed by atoms with Crippen LogP contribution in [0.2, 0.25) is 0 Å². The Balaban J connectivity index is 2.48. The molecule has 0 aliphatic rings. The normalized spacial score (nSPS) is 13.0. The Morgan fingerprint density at radius 3 is 2.56 bits per heavy atom. The molecule has 0 saturated heterocycles. The second-order valence-corrected chi connectivity index (χ2v) is 4.08. The molecular formula is C13H23N3. The van der Waals surface area contributed by atoms with E-state index in [1.807, 2.05) is 12.4 Å². The molecule has 0 fully saturated rings. The monoisotopic (exact) mass is 221 g/mol. The molecule has 3 nitrogen and oxygen atoms in total. The highest BCUT2D eigenvalue weighted by molar-refractivity contribution is 5.09. The third kappa shape index (κ3) is 4.29. The van der Waals surface area contributed by atoms with Gasteiger partial charge in [-0.1, -0.05) is 13.8 Å². The maximum Gasteiger partial charge on any atom is 0.0271 e. The third-order valence-electron chi connectivity index (χ3n) is 2.85. The van der Waals surface area contributed by atoms with Crippen LogP contribution in [0.4, 0.5) is 0 Å². The minimum Gasteiger partial charge on any atom is -0.315 e. The van der Waals surface area contributed by atoms with Crippen LogP contribution in [0.5, 0.6) is 0 Å². The summed E-state index contributed by atoms with van der Waals surface area (Å²) in [5.41, 5.74) is 1.33. The topological polar surface area (TPSA) is 28.2 Å². The number of likely N-dealkylation sites (N-methyl/N-ethyl adjacent to an activating group) is 2. The average Bonchev–Trinajstić information content (AvgIpc) is 2.34. The Labute approximate surface area is 98.9 Å². The van der Waals surface area contributed by atoms with E-state index in [9.17, 15) is 0 Å². The van der Waals surface area contributed by atoms with Gasteiger partial charge in [-0.2, -0.15) is 0 Å². The molecule has 0 aliphatic heterocycles. The maximum absolute atomic E-state index is 4.04. The number of hydrogen-bond donors (Lipinski definition) is 1. The van der Waals surface area contributed by atoms with Crippen molar-refractivity contribution in [2.75, 3.05) is 19.6 Å². The van der Waals surface area contributed by atoms with Gasteiger partial charge in [0.1, 0.15) is 0 Å². The molecule has 1 atom stereocenters. The van der Waals surface area contributed by atoms with Crippen molar-refractivity contribution in [3.63, 3.8) is 0 Å². The Morgan fingerprint density at radius 1 is 1.31 bits per heavy atom. The van der Waals surface area contributed by atoms with Crippen molar-refractivity contribution in [1.82, 2.24) is 15.2 Å². The van der Waals surface area contributed by atoms with Crippen LogP contribution in [0.3, 0.4) is 0 Å². The largest absolute Gasteiger partial charge is 0.315 e. The molecule has 1 unspecified atom stereocenters. The molecule has 1 N–H and O–H groups in total. The molecule has 0 aliphatic carbocycles. The predicted molar refractivity (Wildman–Crippen MR) is 68.3 cm³/mol. The summed E-state index contributed by atoms with van der Waals surface area (Å²) in [5, 5.41) is 3.39. The minimum atomic E-state index is 0.568. The maximum atomic E-state index is 4.04. The summed E-state index contributed by atoms with van der Waals surface area (Å²) in [4.78, 5) is 6.51. The molecule has 16 heavy (non-hydrogen) atoms. The van der Waals surface area contributed by atoms with E-state index >= 15 is 0 Å². The molecular weight excluding hydrogens is 198 g/mol. The van der Waals surface area contributed by atoms with Crippen molar-refractivity contribution in [3.8, 4) is 0 Å². The van der Waals surface area contributed by atoms with Crippen molar-refractivity contribution in [2.24, 2.45) is 0 Å². The number of aromatic nitrogens is 1. The first-order chi connectivity index (χ1) is 7.77. The molecule has 0 bridgehead atoms. The molecule has 0 radical (unpaired) electrons. The Kier molecular flexibility index (Phi) is 6.04.